The van der Waals surface area contributed by atoms with E-state index in [-0.39, 0.29) is 22.7 Å². The van der Waals surface area contributed by atoms with Gasteiger partial charge in [-0.05, 0) is 18.2 Å². The van der Waals surface area contributed by atoms with Gasteiger partial charge in [-0.15, -0.1) is 0 Å². The highest BCUT2D eigenvalue weighted by molar-refractivity contribution is 8.14. The van der Waals surface area contributed by atoms with Gasteiger partial charge in [-0.25, -0.2) is 0 Å². The Morgan fingerprint density at radius 2 is 2.00 bits per heavy atom. The van der Waals surface area contributed by atoms with E-state index in [4.69, 9.17) is 14.5 Å². The largest absolute Gasteiger partial charge is 0.493 e. The van der Waals surface area contributed by atoms with Gasteiger partial charge in [0.1, 0.15) is 6.04 Å². The SMILES string of the molecule is COc1cc([C@H]2[C@@H](c3ccccn3)N=C3S[C@@H](C)CN32)c([N+](=O)[O-])cc1OC. The lowest BCUT2D eigenvalue weighted by Gasteiger charge is -2.27. The molecule has 1 aromatic carbocycles. The van der Waals surface area contributed by atoms with Crippen LogP contribution in [0.1, 0.15) is 30.3 Å². The Morgan fingerprint density at radius 3 is 2.64 bits per heavy atom. The van der Waals surface area contributed by atoms with Gasteiger partial charge in [0.05, 0.1) is 42.5 Å². The molecule has 0 amide bonds. The molecule has 28 heavy (non-hydrogen) atoms. The van der Waals surface area contributed by atoms with Crippen LogP contribution in [0.2, 0.25) is 0 Å². The number of aliphatic imine (C=N–C) groups is 1. The fourth-order valence-corrected chi connectivity index (χ4v) is 4.83. The summed E-state index contributed by atoms with van der Waals surface area (Å²) in [5.41, 5.74) is 1.32. The van der Waals surface area contributed by atoms with Gasteiger partial charge in [0.2, 0.25) is 0 Å². The summed E-state index contributed by atoms with van der Waals surface area (Å²) in [5, 5.41) is 13.1. The van der Waals surface area contributed by atoms with Crippen LogP contribution in [0.4, 0.5) is 5.69 Å². The van der Waals surface area contributed by atoms with E-state index in [1.807, 2.05) is 18.2 Å². The van der Waals surface area contributed by atoms with Crippen molar-refractivity contribution in [3.63, 3.8) is 0 Å². The first kappa shape index (κ1) is 18.5. The molecule has 1 saturated heterocycles. The third-order valence-corrected chi connectivity index (χ3v) is 6.03. The van der Waals surface area contributed by atoms with Gasteiger partial charge in [0.15, 0.2) is 16.7 Å². The Bertz CT molecular complexity index is 937. The summed E-state index contributed by atoms with van der Waals surface area (Å²) in [7, 11) is 2.99. The molecule has 146 valence electrons. The van der Waals surface area contributed by atoms with Gasteiger partial charge in [0.25, 0.3) is 5.69 Å². The van der Waals surface area contributed by atoms with Crippen molar-refractivity contribution in [2.24, 2.45) is 4.99 Å². The minimum atomic E-state index is -0.378. The average molecular weight is 400 g/mol. The number of ether oxygens (including phenoxy) is 2. The zero-order chi connectivity index (χ0) is 19.8. The van der Waals surface area contributed by atoms with E-state index in [9.17, 15) is 10.1 Å². The van der Waals surface area contributed by atoms with Crippen molar-refractivity contribution in [3.8, 4) is 11.5 Å². The monoisotopic (exact) mass is 400 g/mol. The minimum Gasteiger partial charge on any atom is -0.493 e. The molecule has 8 nitrogen and oxygen atoms in total. The van der Waals surface area contributed by atoms with Gasteiger partial charge in [-0.1, -0.05) is 24.8 Å². The standard InChI is InChI=1S/C19H20N4O4S/c1-11-10-22-18(17(21-19(22)28-11)13-6-4-5-7-20-13)12-8-15(26-2)16(27-3)9-14(12)23(24)25/h4-9,11,17-18H,10H2,1-3H3/t11-,17+,18-/m0/s1. The molecule has 4 rings (SSSR count). The molecule has 2 aliphatic heterocycles. The second-order valence-electron chi connectivity index (χ2n) is 6.66. The molecule has 2 aliphatic rings. The molecule has 1 fully saturated rings. The second-order valence-corrected chi connectivity index (χ2v) is 8.07. The molecule has 0 N–H and O–H groups in total. The van der Waals surface area contributed by atoms with E-state index in [0.29, 0.717) is 22.3 Å². The highest BCUT2D eigenvalue weighted by Gasteiger charge is 2.46. The third-order valence-electron chi connectivity index (χ3n) is 4.93. The highest BCUT2D eigenvalue weighted by atomic mass is 32.2. The second kappa shape index (κ2) is 7.31. The first-order valence-corrected chi connectivity index (χ1v) is 9.73. The van der Waals surface area contributed by atoms with Crippen LogP contribution >= 0.6 is 11.8 Å². The number of thioether (sulfide) groups is 1. The van der Waals surface area contributed by atoms with Crippen molar-refractivity contribution < 1.29 is 14.4 Å². The van der Waals surface area contributed by atoms with Crippen LogP contribution in [0, 0.1) is 10.1 Å². The summed E-state index contributed by atoms with van der Waals surface area (Å²) < 4.78 is 10.7. The van der Waals surface area contributed by atoms with Crippen molar-refractivity contribution in [1.82, 2.24) is 9.88 Å². The minimum absolute atomic E-state index is 0.00964. The fourth-order valence-electron chi connectivity index (χ4n) is 3.73. The topological polar surface area (TPSA) is 90.1 Å². The highest BCUT2D eigenvalue weighted by Crippen LogP contribution is 2.51. The van der Waals surface area contributed by atoms with E-state index in [1.54, 1.807) is 24.0 Å². The Kier molecular flexibility index (Phi) is 4.84. The van der Waals surface area contributed by atoms with Gasteiger partial charge in [-0.3, -0.25) is 20.1 Å². The number of amidine groups is 1. The average Bonchev–Trinajstić information content (AvgIpc) is 3.23. The van der Waals surface area contributed by atoms with Gasteiger partial charge >= 0.3 is 0 Å². The molecule has 3 atom stereocenters. The van der Waals surface area contributed by atoms with Crippen LogP contribution in [0.3, 0.4) is 0 Å². The van der Waals surface area contributed by atoms with Crippen LogP contribution in [0.5, 0.6) is 11.5 Å². The van der Waals surface area contributed by atoms with E-state index < -0.39 is 0 Å². The fraction of sp³-hybridized carbons (Fsp3) is 0.368. The summed E-state index contributed by atoms with van der Waals surface area (Å²) in [5.74, 6) is 0.784. The molecule has 1 aromatic heterocycles. The lowest BCUT2D eigenvalue weighted by atomic mass is 9.94. The first-order valence-electron chi connectivity index (χ1n) is 8.85. The van der Waals surface area contributed by atoms with Crippen LogP contribution in [0.25, 0.3) is 0 Å². The summed E-state index contributed by atoms with van der Waals surface area (Å²) in [6.45, 7) is 2.89. The molecule has 0 bridgehead atoms. The molecule has 0 spiro atoms. The van der Waals surface area contributed by atoms with E-state index in [2.05, 4.69) is 16.8 Å². The maximum absolute atomic E-state index is 11.9. The van der Waals surface area contributed by atoms with Crippen molar-refractivity contribution in [3.05, 3.63) is 57.9 Å². The van der Waals surface area contributed by atoms with Crippen LogP contribution in [-0.4, -0.2) is 46.0 Å². The lowest BCUT2D eigenvalue weighted by molar-refractivity contribution is -0.386. The van der Waals surface area contributed by atoms with E-state index >= 15 is 0 Å². The number of benzene rings is 1. The maximum Gasteiger partial charge on any atom is 0.278 e. The lowest BCUT2D eigenvalue weighted by Crippen LogP contribution is -2.29. The van der Waals surface area contributed by atoms with Gasteiger partial charge in [-0.2, -0.15) is 0 Å². The summed E-state index contributed by atoms with van der Waals surface area (Å²) >= 11 is 1.69. The molecule has 0 saturated carbocycles. The molecule has 9 heteroatoms. The predicted molar refractivity (Wildman–Crippen MR) is 107 cm³/mol. The summed E-state index contributed by atoms with van der Waals surface area (Å²) in [6.07, 6.45) is 1.72. The number of methoxy groups -OCH3 is 2. The van der Waals surface area contributed by atoms with Crippen LogP contribution < -0.4 is 9.47 Å². The number of nitrogens with zero attached hydrogens (tertiary/aromatic N) is 4. The molecular formula is C19H20N4O4S. The Morgan fingerprint density at radius 1 is 1.25 bits per heavy atom. The van der Waals surface area contributed by atoms with Crippen molar-refractivity contribution in [1.29, 1.82) is 0 Å². The maximum atomic E-state index is 11.9. The number of aromatic nitrogens is 1. The molecule has 0 radical (unpaired) electrons. The Labute approximate surface area is 166 Å². The number of pyridine rings is 1. The predicted octanol–water partition coefficient (Wildman–Crippen LogP) is 3.60. The quantitative estimate of drug-likeness (QED) is 0.559. The molecule has 3 heterocycles. The van der Waals surface area contributed by atoms with Crippen LogP contribution in [0.15, 0.2) is 41.5 Å². The van der Waals surface area contributed by atoms with Crippen molar-refractivity contribution in [2.45, 2.75) is 24.3 Å². The number of fused-ring (bicyclic) bond motifs is 1. The number of hydrogen-bond donors (Lipinski definition) is 0. The zero-order valence-corrected chi connectivity index (χ0v) is 16.5. The third kappa shape index (κ3) is 3.05. The van der Waals surface area contributed by atoms with E-state index in [1.165, 1.54) is 20.3 Å². The molecule has 0 aliphatic carbocycles. The van der Waals surface area contributed by atoms with Crippen LogP contribution in [-0.2, 0) is 0 Å². The van der Waals surface area contributed by atoms with E-state index in [0.717, 1.165) is 17.4 Å². The first-order chi connectivity index (χ1) is 13.5. The Hall–Kier alpha value is -2.81. The number of hydrogen-bond acceptors (Lipinski definition) is 8. The normalized spacial score (nSPS) is 23.3. The van der Waals surface area contributed by atoms with Gasteiger partial charge in [0, 0.05) is 18.0 Å². The molecule has 2 aromatic rings. The number of nitro benzene ring substituents is 1. The smallest absolute Gasteiger partial charge is 0.278 e. The van der Waals surface area contributed by atoms with Crippen molar-refractivity contribution >= 4 is 22.6 Å². The van der Waals surface area contributed by atoms with Gasteiger partial charge < -0.3 is 14.4 Å². The number of rotatable bonds is 5. The summed E-state index contributed by atoms with van der Waals surface area (Å²) in [6, 6.07) is 8.12. The molecular weight excluding hydrogens is 380 g/mol. The molecule has 0 unspecified atom stereocenters. The Balaban J connectivity index is 1.88. The number of nitro groups is 1. The summed E-state index contributed by atoms with van der Waals surface area (Å²) in [4.78, 5) is 23.0. The zero-order valence-electron chi connectivity index (χ0n) is 15.7. The van der Waals surface area contributed by atoms with Crippen molar-refractivity contribution in [2.75, 3.05) is 20.8 Å².